The predicted molar refractivity (Wildman–Crippen MR) is 66.8 cm³/mol. The third-order valence-corrected chi connectivity index (χ3v) is 4.90. The minimum atomic E-state index is -4.23. The number of rotatable bonds is 2. The lowest BCUT2D eigenvalue weighted by atomic mass is 10.1. The molecule has 0 aliphatic carbocycles. The van der Waals surface area contributed by atoms with Crippen molar-refractivity contribution in [2.45, 2.75) is 11.1 Å². The van der Waals surface area contributed by atoms with Crippen molar-refractivity contribution in [3.05, 3.63) is 35.5 Å². The monoisotopic (exact) mass is 280 g/mol. The van der Waals surface area contributed by atoms with Crippen LogP contribution >= 0.6 is 11.3 Å². The molecule has 92 valence electrons. The van der Waals surface area contributed by atoms with Crippen molar-refractivity contribution in [1.82, 2.24) is 4.98 Å². The maximum absolute atomic E-state index is 11.1. The molecule has 0 spiro atoms. The van der Waals surface area contributed by atoms with Crippen molar-refractivity contribution in [3.63, 3.8) is 0 Å². The Labute approximate surface area is 108 Å². The maximum Gasteiger partial charge on any atom is 0.306 e. The Hall–Kier alpha value is -1.75. The number of nitriles is 1. The fraction of sp³-hybridized carbons (Fsp3) is 0.0909. The van der Waals surface area contributed by atoms with Gasteiger partial charge in [-0.1, -0.05) is 23.5 Å². The lowest BCUT2D eigenvalue weighted by molar-refractivity contribution is 0.485. The van der Waals surface area contributed by atoms with Gasteiger partial charge in [0.15, 0.2) is 4.21 Å². The summed E-state index contributed by atoms with van der Waals surface area (Å²) >= 11 is 0.901. The van der Waals surface area contributed by atoms with E-state index in [1.165, 1.54) is 6.92 Å². The first-order chi connectivity index (χ1) is 8.41. The predicted octanol–water partition coefficient (Wildman–Crippen LogP) is 2.24. The number of benzene rings is 1. The van der Waals surface area contributed by atoms with Gasteiger partial charge in [-0.15, -0.1) is 0 Å². The molecule has 1 heterocycles. The Bertz CT molecular complexity index is 725. The van der Waals surface area contributed by atoms with Gasteiger partial charge < -0.3 is 0 Å². The zero-order valence-electron chi connectivity index (χ0n) is 9.28. The van der Waals surface area contributed by atoms with Gasteiger partial charge in [0.05, 0.1) is 17.3 Å². The van der Waals surface area contributed by atoms with Crippen LogP contribution in [-0.4, -0.2) is 18.0 Å². The molecule has 2 aromatic rings. The van der Waals surface area contributed by atoms with E-state index >= 15 is 0 Å². The van der Waals surface area contributed by atoms with Crippen LogP contribution in [0.4, 0.5) is 0 Å². The van der Waals surface area contributed by atoms with Crippen LogP contribution in [0.2, 0.25) is 0 Å². The highest BCUT2D eigenvalue weighted by Crippen LogP contribution is 2.30. The van der Waals surface area contributed by atoms with Crippen molar-refractivity contribution in [1.29, 1.82) is 5.26 Å². The molecule has 0 aliphatic rings. The van der Waals surface area contributed by atoms with E-state index in [1.54, 1.807) is 24.3 Å². The molecule has 18 heavy (non-hydrogen) atoms. The van der Waals surface area contributed by atoms with Gasteiger partial charge in [0, 0.05) is 5.56 Å². The number of aryl methyl sites for hydroxylation is 1. The number of aromatic nitrogens is 1. The molecule has 2 rings (SSSR count). The van der Waals surface area contributed by atoms with E-state index in [0.29, 0.717) is 16.1 Å². The number of hydrogen-bond donors (Lipinski definition) is 1. The van der Waals surface area contributed by atoms with Crippen molar-refractivity contribution >= 4 is 21.5 Å². The molecule has 0 fully saturated rings. The first-order valence-electron chi connectivity index (χ1n) is 4.87. The molecule has 1 aromatic carbocycles. The second-order valence-electron chi connectivity index (χ2n) is 3.56. The van der Waals surface area contributed by atoms with Crippen LogP contribution in [0.5, 0.6) is 0 Å². The van der Waals surface area contributed by atoms with Crippen molar-refractivity contribution in [2.75, 3.05) is 0 Å². The molecule has 5 nitrogen and oxygen atoms in total. The van der Waals surface area contributed by atoms with Crippen LogP contribution in [0.3, 0.4) is 0 Å². The van der Waals surface area contributed by atoms with E-state index < -0.39 is 10.1 Å². The van der Waals surface area contributed by atoms with Gasteiger partial charge >= 0.3 is 10.1 Å². The highest BCUT2D eigenvalue weighted by atomic mass is 32.3. The SMILES string of the molecule is Cc1nc(-c2ccc(C#N)cc2)sc1S(=O)(=O)O. The van der Waals surface area contributed by atoms with Gasteiger partial charge in [0.25, 0.3) is 0 Å². The third-order valence-electron chi connectivity index (χ3n) is 2.25. The summed E-state index contributed by atoms with van der Waals surface area (Å²) in [7, 11) is -4.23. The first-order valence-corrected chi connectivity index (χ1v) is 7.13. The fourth-order valence-corrected chi connectivity index (χ4v) is 3.32. The summed E-state index contributed by atoms with van der Waals surface area (Å²) in [5, 5.41) is 9.17. The molecule has 1 N–H and O–H groups in total. The van der Waals surface area contributed by atoms with Gasteiger partial charge in [-0.05, 0) is 19.1 Å². The molecule has 0 radical (unpaired) electrons. The molecule has 0 saturated heterocycles. The zero-order valence-corrected chi connectivity index (χ0v) is 10.9. The Balaban J connectivity index is 2.50. The largest absolute Gasteiger partial charge is 0.306 e. The van der Waals surface area contributed by atoms with Crippen LogP contribution in [0.15, 0.2) is 28.5 Å². The summed E-state index contributed by atoms with van der Waals surface area (Å²) in [6.07, 6.45) is 0. The number of nitrogens with zero attached hydrogens (tertiary/aromatic N) is 2. The lowest BCUT2D eigenvalue weighted by Gasteiger charge is -1.94. The van der Waals surface area contributed by atoms with E-state index in [1.807, 2.05) is 6.07 Å². The van der Waals surface area contributed by atoms with E-state index in [9.17, 15) is 8.42 Å². The molecular formula is C11H8N2O3S2. The van der Waals surface area contributed by atoms with Crippen molar-refractivity contribution in [3.8, 4) is 16.6 Å². The van der Waals surface area contributed by atoms with E-state index in [4.69, 9.17) is 9.81 Å². The van der Waals surface area contributed by atoms with Crippen LogP contribution in [-0.2, 0) is 10.1 Å². The molecular weight excluding hydrogens is 272 g/mol. The van der Waals surface area contributed by atoms with Gasteiger partial charge in [-0.2, -0.15) is 13.7 Å². The molecule has 0 aliphatic heterocycles. The zero-order chi connectivity index (χ0) is 13.3. The minimum Gasteiger partial charge on any atom is -0.281 e. The summed E-state index contributed by atoms with van der Waals surface area (Å²) in [4.78, 5) is 4.10. The summed E-state index contributed by atoms with van der Waals surface area (Å²) in [6, 6.07) is 8.61. The third kappa shape index (κ3) is 2.41. The Kier molecular flexibility index (Phi) is 3.17. The Morgan fingerprint density at radius 3 is 2.39 bits per heavy atom. The molecule has 0 unspecified atom stereocenters. The topological polar surface area (TPSA) is 91.0 Å². The highest BCUT2D eigenvalue weighted by Gasteiger charge is 2.19. The summed E-state index contributed by atoms with van der Waals surface area (Å²) in [5.74, 6) is 0. The number of thiazole rings is 1. The summed E-state index contributed by atoms with van der Waals surface area (Å²) in [6.45, 7) is 1.52. The maximum atomic E-state index is 11.1. The average Bonchev–Trinajstić information content (AvgIpc) is 2.71. The summed E-state index contributed by atoms with van der Waals surface area (Å²) < 4.78 is 31.0. The fourth-order valence-electron chi connectivity index (χ4n) is 1.43. The molecule has 0 atom stereocenters. The van der Waals surface area contributed by atoms with Gasteiger partial charge in [0.2, 0.25) is 0 Å². The standard InChI is InChI=1S/C11H8N2O3S2/c1-7-11(18(14,15)16)17-10(13-7)9-4-2-8(6-12)3-5-9/h2-5H,1H3,(H,14,15,16). The second kappa shape index (κ2) is 4.49. The van der Waals surface area contributed by atoms with Gasteiger partial charge in [-0.3, -0.25) is 4.55 Å². The highest BCUT2D eigenvalue weighted by molar-refractivity contribution is 7.88. The minimum absolute atomic E-state index is 0.151. The normalized spacial score (nSPS) is 11.2. The van der Waals surface area contributed by atoms with Crippen LogP contribution in [0.25, 0.3) is 10.6 Å². The van der Waals surface area contributed by atoms with E-state index in [0.717, 1.165) is 11.3 Å². The summed E-state index contributed by atoms with van der Waals surface area (Å²) in [5.41, 5.74) is 1.49. The van der Waals surface area contributed by atoms with Gasteiger partial charge in [-0.25, -0.2) is 4.98 Å². The van der Waals surface area contributed by atoms with Crippen LogP contribution in [0, 0.1) is 18.3 Å². The molecule has 0 amide bonds. The van der Waals surface area contributed by atoms with E-state index in [2.05, 4.69) is 4.98 Å². The van der Waals surface area contributed by atoms with Crippen molar-refractivity contribution < 1.29 is 13.0 Å². The quantitative estimate of drug-likeness (QED) is 0.852. The van der Waals surface area contributed by atoms with E-state index in [-0.39, 0.29) is 9.90 Å². The molecule has 7 heteroatoms. The molecule has 0 bridgehead atoms. The molecule has 1 aromatic heterocycles. The average molecular weight is 280 g/mol. The van der Waals surface area contributed by atoms with Gasteiger partial charge in [0.1, 0.15) is 5.01 Å². The Morgan fingerprint density at radius 1 is 1.33 bits per heavy atom. The number of hydrogen-bond acceptors (Lipinski definition) is 5. The van der Waals surface area contributed by atoms with Crippen LogP contribution in [0.1, 0.15) is 11.3 Å². The van der Waals surface area contributed by atoms with Crippen molar-refractivity contribution in [2.24, 2.45) is 0 Å². The lowest BCUT2D eigenvalue weighted by Crippen LogP contribution is -1.96. The smallest absolute Gasteiger partial charge is 0.281 e. The van der Waals surface area contributed by atoms with Crippen LogP contribution < -0.4 is 0 Å². The Morgan fingerprint density at radius 2 is 1.94 bits per heavy atom. The molecule has 0 saturated carbocycles. The second-order valence-corrected chi connectivity index (χ2v) is 6.17. The first kappa shape index (κ1) is 12.7.